The van der Waals surface area contributed by atoms with Crippen LogP contribution >= 0.6 is 0 Å². The summed E-state index contributed by atoms with van der Waals surface area (Å²) < 4.78 is 51.7. The van der Waals surface area contributed by atoms with Crippen molar-refractivity contribution in [2.75, 3.05) is 13.1 Å². The van der Waals surface area contributed by atoms with E-state index in [0.29, 0.717) is 13.1 Å². The largest absolute Gasteiger partial charge is 0.503 e. The van der Waals surface area contributed by atoms with Crippen LogP contribution in [0.2, 0.25) is 0 Å². The van der Waals surface area contributed by atoms with Gasteiger partial charge in [-0.1, -0.05) is 19.0 Å². The summed E-state index contributed by atoms with van der Waals surface area (Å²) in [5.74, 6) is -7.55. The van der Waals surface area contributed by atoms with Crippen molar-refractivity contribution in [2.24, 2.45) is 0 Å². The van der Waals surface area contributed by atoms with Crippen molar-refractivity contribution in [2.45, 2.75) is 46.8 Å². The molecule has 1 fully saturated rings. The Morgan fingerprint density at radius 1 is 1.11 bits per heavy atom. The minimum atomic E-state index is -1.71. The van der Waals surface area contributed by atoms with Crippen LogP contribution in [0.25, 0.3) is 11.5 Å². The average Bonchev–Trinajstić information content (AvgIpc) is 3.15. The van der Waals surface area contributed by atoms with Gasteiger partial charge in [0, 0.05) is 18.7 Å². The first-order valence-electron chi connectivity index (χ1n) is 8.85. The standard InChI is InChI=1S/C16H16F3N3O4.C2H6/c1-6-4-22(5-7(2)25-6)16(24)14-20-15(26-21-14)9-8(3)10(17)12(19)13(23)11(9)18;1-2/h6-7,23H,4-5H2,1-3H3;1-2H3. The minimum Gasteiger partial charge on any atom is -0.503 e. The van der Waals surface area contributed by atoms with Crippen LogP contribution in [0.15, 0.2) is 4.52 Å². The molecule has 154 valence electrons. The van der Waals surface area contributed by atoms with Gasteiger partial charge in [-0.3, -0.25) is 4.79 Å². The van der Waals surface area contributed by atoms with Gasteiger partial charge in [0.25, 0.3) is 17.6 Å². The molecule has 1 N–H and O–H groups in total. The van der Waals surface area contributed by atoms with Gasteiger partial charge in [0.15, 0.2) is 17.4 Å². The van der Waals surface area contributed by atoms with E-state index in [0.717, 1.165) is 6.92 Å². The van der Waals surface area contributed by atoms with Crippen LogP contribution in [0.4, 0.5) is 13.2 Å². The molecule has 2 atom stereocenters. The quantitative estimate of drug-likeness (QED) is 0.776. The molecule has 0 radical (unpaired) electrons. The zero-order valence-corrected chi connectivity index (χ0v) is 16.2. The zero-order chi connectivity index (χ0) is 21.2. The summed E-state index contributed by atoms with van der Waals surface area (Å²) >= 11 is 0. The molecule has 1 saturated heterocycles. The van der Waals surface area contributed by atoms with Crippen molar-refractivity contribution < 1.29 is 32.3 Å². The molecule has 0 saturated carbocycles. The fraction of sp³-hybridized carbons (Fsp3) is 0.500. The molecule has 2 aromatic rings. The number of carbonyl (C=O) groups excluding carboxylic acids is 1. The second-order valence-corrected chi connectivity index (χ2v) is 6.18. The molecule has 2 unspecified atom stereocenters. The summed E-state index contributed by atoms with van der Waals surface area (Å²) in [4.78, 5) is 17.7. The van der Waals surface area contributed by atoms with Crippen molar-refractivity contribution in [1.82, 2.24) is 15.0 Å². The number of aromatic nitrogens is 2. The Bertz CT molecular complexity index is 833. The van der Waals surface area contributed by atoms with E-state index < -0.39 is 46.1 Å². The number of nitrogens with zero attached hydrogens (tertiary/aromatic N) is 3. The van der Waals surface area contributed by atoms with Gasteiger partial charge in [-0.05, 0) is 20.8 Å². The Labute approximate surface area is 160 Å². The number of phenols is 1. The lowest BCUT2D eigenvalue weighted by Crippen LogP contribution is -2.48. The lowest BCUT2D eigenvalue weighted by atomic mass is 10.1. The van der Waals surface area contributed by atoms with Gasteiger partial charge in [-0.25, -0.2) is 8.78 Å². The van der Waals surface area contributed by atoms with Crippen LogP contribution in [-0.4, -0.2) is 51.4 Å². The fourth-order valence-electron chi connectivity index (χ4n) is 2.91. The summed E-state index contributed by atoms with van der Waals surface area (Å²) in [5.41, 5.74) is -1.06. The Kier molecular flexibility index (Phi) is 6.65. The number of hydrogen-bond acceptors (Lipinski definition) is 6. The Hall–Kier alpha value is -2.62. The monoisotopic (exact) mass is 401 g/mol. The summed E-state index contributed by atoms with van der Waals surface area (Å²) in [5, 5.41) is 12.9. The number of aromatic hydroxyl groups is 1. The zero-order valence-electron chi connectivity index (χ0n) is 16.2. The molecule has 0 bridgehead atoms. The molecule has 0 spiro atoms. The Morgan fingerprint density at radius 3 is 2.25 bits per heavy atom. The molecule has 2 heterocycles. The van der Waals surface area contributed by atoms with Crippen molar-refractivity contribution >= 4 is 5.91 Å². The van der Waals surface area contributed by atoms with E-state index in [4.69, 9.17) is 9.26 Å². The number of halogens is 3. The van der Waals surface area contributed by atoms with E-state index in [9.17, 15) is 23.1 Å². The number of carbonyl (C=O) groups is 1. The van der Waals surface area contributed by atoms with Gasteiger partial charge in [-0.2, -0.15) is 9.37 Å². The third-order valence-corrected chi connectivity index (χ3v) is 4.07. The average molecular weight is 401 g/mol. The molecule has 1 aromatic carbocycles. The first-order chi connectivity index (χ1) is 13.2. The molecule has 28 heavy (non-hydrogen) atoms. The van der Waals surface area contributed by atoms with Gasteiger partial charge >= 0.3 is 0 Å². The minimum absolute atomic E-state index is 0.183. The lowest BCUT2D eigenvalue weighted by molar-refractivity contribution is -0.0589. The summed E-state index contributed by atoms with van der Waals surface area (Å²) in [7, 11) is 0. The maximum absolute atomic E-state index is 14.2. The second-order valence-electron chi connectivity index (χ2n) is 6.18. The normalized spacial score (nSPS) is 19.2. The third kappa shape index (κ3) is 3.96. The predicted molar refractivity (Wildman–Crippen MR) is 93.3 cm³/mol. The maximum Gasteiger partial charge on any atom is 0.295 e. The van der Waals surface area contributed by atoms with Gasteiger partial charge in [0.2, 0.25) is 5.82 Å². The lowest BCUT2D eigenvalue weighted by Gasteiger charge is -2.34. The Morgan fingerprint density at radius 2 is 1.68 bits per heavy atom. The molecule has 7 nitrogen and oxygen atoms in total. The predicted octanol–water partition coefficient (Wildman–Crippen LogP) is 3.44. The van der Waals surface area contributed by atoms with E-state index in [1.807, 2.05) is 13.8 Å². The van der Waals surface area contributed by atoms with Gasteiger partial charge < -0.3 is 19.3 Å². The highest BCUT2D eigenvalue weighted by atomic mass is 19.2. The topological polar surface area (TPSA) is 88.7 Å². The van der Waals surface area contributed by atoms with E-state index in [2.05, 4.69) is 10.1 Å². The highest BCUT2D eigenvalue weighted by molar-refractivity contribution is 5.91. The third-order valence-electron chi connectivity index (χ3n) is 4.07. The highest BCUT2D eigenvalue weighted by Gasteiger charge is 2.31. The fourth-order valence-corrected chi connectivity index (χ4v) is 2.91. The van der Waals surface area contributed by atoms with Gasteiger partial charge in [-0.15, -0.1) is 0 Å². The molecule has 1 aromatic heterocycles. The van der Waals surface area contributed by atoms with Crippen LogP contribution in [0.1, 0.15) is 43.9 Å². The molecule has 10 heteroatoms. The van der Waals surface area contributed by atoms with Crippen molar-refractivity contribution in [1.29, 1.82) is 0 Å². The molecule has 1 amide bonds. The number of morpholine rings is 1. The van der Waals surface area contributed by atoms with Gasteiger partial charge in [0.1, 0.15) is 0 Å². The Balaban J connectivity index is 0.00000136. The molecule has 3 rings (SSSR count). The molecule has 0 aliphatic carbocycles. The number of benzene rings is 1. The van der Waals surface area contributed by atoms with Crippen LogP contribution in [0, 0.1) is 24.4 Å². The van der Waals surface area contributed by atoms with Crippen molar-refractivity contribution in [3.05, 3.63) is 28.8 Å². The summed E-state index contributed by atoms with van der Waals surface area (Å²) in [6, 6.07) is 0. The molecular weight excluding hydrogens is 379 g/mol. The number of amides is 1. The number of phenolic OH excluding ortho intramolecular Hbond substituents is 1. The van der Waals surface area contributed by atoms with E-state index >= 15 is 0 Å². The number of hydrogen-bond donors (Lipinski definition) is 1. The van der Waals surface area contributed by atoms with Crippen LogP contribution in [0.5, 0.6) is 5.75 Å². The van der Waals surface area contributed by atoms with E-state index in [1.165, 1.54) is 4.90 Å². The van der Waals surface area contributed by atoms with Crippen LogP contribution < -0.4 is 0 Å². The first kappa shape index (κ1) is 21.7. The van der Waals surface area contributed by atoms with Crippen LogP contribution in [0.3, 0.4) is 0 Å². The van der Waals surface area contributed by atoms with E-state index in [-0.39, 0.29) is 18.0 Å². The summed E-state index contributed by atoms with van der Waals surface area (Å²) in [6.45, 7) is 9.33. The molecule has 1 aliphatic rings. The van der Waals surface area contributed by atoms with Crippen molar-refractivity contribution in [3.63, 3.8) is 0 Å². The molecular formula is C18H22F3N3O4. The van der Waals surface area contributed by atoms with Gasteiger partial charge in [0.05, 0.1) is 17.8 Å². The van der Waals surface area contributed by atoms with E-state index in [1.54, 1.807) is 13.8 Å². The highest BCUT2D eigenvalue weighted by Crippen LogP contribution is 2.35. The SMILES string of the molecule is CC.Cc1c(F)c(F)c(O)c(F)c1-c1nc(C(=O)N2CC(C)OC(C)C2)no1. The van der Waals surface area contributed by atoms with Crippen LogP contribution in [-0.2, 0) is 4.74 Å². The number of ether oxygens (including phenoxy) is 1. The first-order valence-corrected chi connectivity index (χ1v) is 8.85. The maximum atomic E-state index is 14.2. The number of rotatable bonds is 2. The smallest absolute Gasteiger partial charge is 0.295 e. The summed E-state index contributed by atoms with van der Waals surface area (Å²) in [6.07, 6.45) is -0.367. The van der Waals surface area contributed by atoms with Crippen molar-refractivity contribution in [3.8, 4) is 17.2 Å². The second kappa shape index (κ2) is 8.59. The molecule has 1 aliphatic heterocycles.